The van der Waals surface area contributed by atoms with Gasteiger partial charge in [0.15, 0.2) is 11.5 Å². The van der Waals surface area contributed by atoms with E-state index in [4.69, 9.17) is 9.47 Å². The molecule has 1 aliphatic carbocycles. The van der Waals surface area contributed by atoms with Crippen molar-refractivity contribution in [1.29, 1.82) is 0 Å². The van der Waals surface area contributed by atoms with Crippen LogP contribution in [-0.4, -0.2) is 44.3 Å². The number of ether oxygens (including phenoxy) is 2. The highest BCUT2D eigenvalue weighted by molar-refractivity contribution is 9.10. The molecule has 0 radical (unpaired) electrons. The quantitative estimate of drug-likeness (QED) is 0.886. The Balaban J connectivity index is 1.54. The summed E-state index contributed by atoms with van der Waals surface area (Å²) in [5, 5.41) is 3.39. The number of piperazine rings is 1. The molecule has 1 saturated heterocycles. The molecule has 3 aliphatic rings. The summed E-state index contributed by atoms with van der Waals surface area (Å²) in [6.45, 7) is 6.92. The number of nitrogens with zero attached hydrogens (tertiary/aromatic N) is 1. The minimum atomic E-state index is 0.289. The van der Waals surface area contributed by atoms with E-state index in [1.165, 1.54) is 18.4 Å². The molecule has 1 N–H and O–H groups in total. The predicted molar refractivity (Wildman–Crippen MR) is 84.9 cm³/mol. The Morgan fingerprint density at radius 1 is 1.14 bits per heavy atom. The molecule has 1 aromatic rings. The van der Waals surface area contributed by atoms with Crippen LogP contribution in [0.1, 0.15) is 18.4 Å². The van der Waals surface area contributed by atoms with Crippen LogP contribution in [0.3, 0.4) is 0 Å². The third kappa shape index (κ3) is 2.91. The van der Waals surface area contributed by atoms with Crippen molar-refractivity contribution >= 4 is 15.9 Å². The van der Waals surface area contributed by atoms with Gasteiger partial charge in [0, 0.05) is 38.1 Å². The normalized spacial score (nSPS) is 23.9. The van der Waals surface area contributed by atoms with Crippen LogP contribution in [0.2, 0.25) is 0 Å². The Kier molecular flexibility index (Phi) is 3.59. The van der Waals surface area contributed by atoms with E-state index in [1.54, 1.807) is 0 Å². The van der Waals surface area contributed by atoms with Crippen molar-refractivity contribution in [3.63, 3.8) is 0 Å². The van der Waals surface area contributed by atoms with Crippen molar-refractivity contribution in [2.45, 2.75) is 19.4 Å². The summed E-state index contributed by atoms with van der Waals surface area (Å²) >= 11 is 3.65. The summed E-state index contributed by atoms with van der Waals surface area (Å²) in [6, 6.07) is 4.33. The van der Waals surface area contributed by atoms with Gasteiger partial charge in [0.25, 0.3) is 0 Å². The van der Waals surface area contributed by atoms with Gasteiger partial charge in [0.2, 0.25) is 0 Å². The highest BCUT2D eigenvalue weighted by Crippen LogP contribution is 2.50. The number of fused-ring (bicyclic) bond motifs is 1. The zero-order valence-corrected chi connectivity index (χ0v) is 13.7. The summed E-state index contributed by atoms with van der Waals surface area (Å²) in [5.74, 6) is 1.78. The number of nitrogens with one attached hydrogen (secondary N) is 1. The summed E-state index contributed by atoms with van der Waals surface area (Å²) in [4.78, 5) is 2.48. The molecule has 2 fully saturated rings. The molecule has 0 atom stereocenters. The van der Waals surface area contributed by atoms with Crippen molar-refractivity contribution in [2.75, 3.05) is 39.4 Å². The van der Waals surface area contributed by atoms with E-state index in [9.17, 15) is 0 Å². The van der Waals surface area contributed by atoms with Crippen LogP contribution in [0.25, 0.3) is 0 Å². The third-order valence-electron chi connectivity index (χ3n) is 4.70. The molecular weight excluding hydrogens is 332 g/mol. The Morgan fingerprint density at radius 2 is 1.90 bits per heavy atom. The molecule has 5 heteroatoms. The molecule has 4 rings (SSSR count). The first-order chi connectivity index (χ1) is 10.2. The summed E-state index contributed by atoms with van der Waals surface area (Å²) in [7, 11) is 0. The second kappa shape index (κ2) is 5.45. The van der Waals surface area contributed by atoms with Crippen molar-refractivity contribution < 1.29 is 9.47 Å². The average molecular weight is 353 g/mol. The molecule has 114 valence electrons. The van der Waals surface area contributed by atoms with Gasteiger partial charge in [-0.1, -0.05) is 0 Å². The minimum Gasteiger partial charge on any atom is -0.489 e. The molecular formula is C16H21BrN2O2. The molecule has 0 unspecified atom stereocenters. The Hall–Kier alpha value is -0.780. The van der Waals surface area contributed by atoms with E-state index < -0.39 is 0 Å². The molecule has 1 aromatic carbocycles. The van der Waals surface area contributed by atoms with Gasteiger partial charge in [-0.2, -0.15) is 0 Å². The third-order valence-corrected chi connectivity index (χ3v) is 5.29. The summed E-state index contributed by atoms with van der Waals surface area (Å²) in [5.41, 5.74) is 1.58. The molecule has 0 amide bonds. The lowest BCUT2D eigenvalue weighted by molar-refractivity contribution is 0.196. The van der Waals surface area contributed by atoms with Crippen LogP contribution >= 0.6 is 15.9 Å². The molecule has 1 saturated carbocycles. The molecule has 1 spiro atoms. The zero-order chi connectivity index (χ0) is 14.3. The van der Waals surface area contributed by atoms with Gasteiger partial charge in [0.05, 0.1) is 17.7 Å². The lowest BCUT2D eigenvalue weighted by Gasteiger charge is -2.27. The smallest absolute Gasteiger partial charge is 0.175 e. The standard InChI is InChI=1S/C16H21BrN2O2/c17-13-7-12(9-19-5-3-18-4-6-19)8-14-15(13)21-11-16(1-2-16)10-20-14/h7-8,18H,1-6,9-11H2. The molecule has 2 heterocycles. The summed E-state index contributed by atoms with van der Waals surface area (Å²) < 4.78 is 13.1. The van der Waals surface area contributed by atoms with Crippen LogP contribution in [0, 0.1) is 5.41 Å². The molecule has 0 bridgehead atoms. The van der Waals surface area contributed by atoms with Crippen LogP contribution in [-0.2, 0) is 6.54 Å². The minimum absolute atomic E-state index is 0.289. The van der Waals surface area contributed by atoms with Gasteiger partial charge in [0.1, 0.15) is 0 Å². The van der Waals surface area contributed by atoms with E-state index in [2.05, 4.69) is 38.3 Å². The van der Waals surface area contributed by atoms with E-state index in [0.29, 0.717) is 0 Å². The molecule has 2 aliphatic heterocycles. The maximum atomic E-state index is 6.05. The highest BCUT2D eigenvalue weighted by Gasteiger charge is 2.46. The first kappa shape index (κ1) is 13.9. The van der Waals surface area contributed by atoms with Gasteiger partial charge >= 0.3 is 0 Å². The van der Waals surface area contributed by atoms with Gasteiger partial charge in [-0.05, 0) is 46.5 Å². The number of halogens is 1. The van der Waals surface area contributed by atoms with Gasteiger partial charge < -0.3 is 14.8 Å². The van der Waals surface area contributed by atoms with E-state index in [0.717, 1.165) is 61.9 Å². The SMILES string of the molecule is Brc1cc(CN2CCNCC2)cc2c1OCC1(CC1)CO2. The second-order valence-corrected chi connectivity index (χ2v) is 7.36. The van der Waals surface area contributed by atoms with Crippen molar-refractivity contribution in [2.24, 2.45) is 5.41 Å². The van der Waals surface area contributed by atoms with Crippen LogP contribution in [0.4, 0.5) is 0 Å². The number of rotatable bonds is 2. The topological polar surface area (TPSA) is 33.7 Å². The fourth-order valence-corrected chi connectivity index (χ4v) is 3.65. The van der Waals surface area contributed by atoms with Crippen molar-refractivity contribution in [3.8, 4) is 11.5 Å². The summed E-state index contributed by atoms with van der Waals surface area (Å²) in [6.07, 6.45) is 2.46. The molecule has 0 aromatic heterocycles. The first-order valence-corrected chi connectivity index (χ1v) is 8.55. The van der Waals surface area contributed by atoms with Crippen LogP contribution in [0.5, 0.6) is 11.5 Å². The van der Waals surface area contributed by atoms with E-state index in [-0.39, 0.29) is 5.41 Å². The van der Waals surface area contributed by atoms with Crippen molar-refractivity contribution in [1.82, 2.24) is 10.2 Å². The Bertz CT molecular complexity index is 539. The Morgan fingerprint density at radius 3 is 2.67 bits per heavy atom. The van der Waals surface area contributed by atoms with Crippen LogP contribution < -0.4 is 14.8 Å². The van der Waals surface area contributed by atoms with Gasteiger partial charge in [-0.15, -0.1) is 0 Å². The zero-order valence-electron chi connectivity index (χ0n) is 12.2. The first-order valence-electron chi connectivity index (χ1n) is 7.75. The maximum absolute atomic E-state index is 6.05. The Labute approximate surface area is 133 Å². The number of hydrogen-bond donors (Lipinski definition) is 1. The van der Waals surface area contributed by atoms with E-state index >= 15 is 0 Å². The predicted octanol–water partition coefficient (Wildman–Crippen LogP) is 2.41. The largest absolute Gasteiger partial charge is 0.489 e. The van der Waals surface area contributed by atoms with Crippen LogP contribution in [0.15, 0.2) is 16.6 Å². The number of benzene rings is 1. The lowest BCUT2D eigenvalue weighted by atomic mass is 10.1. The number of hydrogen-bond acceptors (Lipinski definition) is 4. The van der Waals surface area contributed by atoms with Gasteiger partial charge in [-0.25, -0.2) is 0 Å². The fourth-order valence-electron chi connectivity index (χ4n) is 3.05. The monoisotopic (exact) mass is 352 g/mol. The second-order valence-electron chi connectivity index (χ2n) is 6.51. The lowest BCUT2D eigenvalue weighted by Crippen LogP contribution is -2.42. The maximum Gasteiger partial charge on any atom is 0.175 e. The van der Waals surface area contributed by atoms with Crippen molar-refractivity contribution in [3.05, 3.63) is 22.2 Å². The average Bonchev–Trinajstić information content (AvgIpc) is 3.28. The molecule has 4 nitrogen and oxygen atoms in total. The fraction of sp³-hybridized carbons (Fsp3) is 0.625. The highest BCUT2D eigenvalue weighted by atomic mass is 79.9. The van der Waals surface area contributed by atoms with Gasteiger partial charge in [-0.3, -0.25) is 4.90 Å². The molecule has 21 heavy (non-hydrogen) atoms. The van der Waals surface area contributed by atoms with E-state index in [1.807, 2.05) is 0 Å².